The predicted molar refractivity (Wildman–Crippen MR) is 95.8 cm³/mol. The van der Waals surface area contributed by atoms with Crippen molar-refractivity contribution in [2.75, 3.05) is 19.0 Å². The minimum Gasteiger partial charge on any atom is -0.392 e. The van der Waals surface area contributed by atoms with E-state index >= 15 is 0 Å². The van der Waals surface area contributed by atoms with Gasteiger partial charge in [-0.05, 0) is 12.8 Å². The normalized spacial score (nSPS) is 33.6. The van der Waals surface area contributed by atoms with Gasteiger partial charge in [0.05, 0.1) is 12.6 Å². The van der Waals surface area contributed by atoms with Gasteiger partial charge in [0.25, 0.3) is 0 Å². The molecule has 10 nitrogen and oxygen atoms in total. The molecule has 27 heavy (non-hydrogen) atoms. The lowest BCUT2D eigenvalue weighted by Crippen LogP contribution is -2.69. The number of ether oxygens (including phenoxy) is 1. The van der Waals surface area contributed by atoms with Crippen LogP contribution < -0.4 is 5.32 Å². The highest BCUT2D eigenvalue weighted by Gasteiger charge is 2.55. The Morgan fingerprint density at radius 1 is 1.22 bits per heavy atom. The van der Waals surface area contributed by atoms with Gasteiger partial charge in [-0.2, -0.15) is 0 Å². The molecule has 0 aromatic rings. The molecule has 0 bridgehead atoms. The topological polar surface area (TPSA) is 163 Å². The van der Waals surface area contributed by atoms with Crippen molar-refractivity contribution >= 4 is 17.6 Å². The quantitative estimate of drug-likeness (QED) is 0.180. The van der Waals surface area contributed by atoms with Gasteiger partial charge in [0.2, 0.25) is 0 Å². The van der Waals surface area contributed by atoms with Crippen LogP contribution in [0, 0.1) is 5.92 Å². The van der Waals surface area contributed by atoms with Gasteiger partial charge >= 0.3 is 6.03 Å². The predicted octanol–water partition coefficient (Wildman–Crippen LogP) is -1.85. The lowest BCUT2D eigenvalue weighted by molar-refractivity contribution is -0.367. The first-order valence-corrected chi connectivity index (χ1v) is 9.39. The van der Waals surface area contributed by atoms with Gasteiger partial charge in [-0.1, -0.05) is 13.8 Å². The van der Waals surface area contributed by atoms with Crippen molar-refractivity contribution in [2.24, 2.45) is 5.92 Å². The second kappa shape index (κ2) is 10.2. The zero-order valence-electron chi connectivity index (χ0n) is 15.7. The first-order chi connectivity index (χ1) is 12.4. The average Bonchev–Trinajstić information content (AvgIpc) is 2.57. The molecular weight excluding hydrogens is 384 g/mol. The number of halogens is 1. The van der Waals surface area contributed by atoms with Gasteiger partial charge in [0, 0.05) is 18.8 Å². The second-order valence-electron chi connectivity index (χ2n) is 7.29. The third-order valence-corrected chi connectivity index (χ3v) is 4.41. The van der Waals surface area contributed by atoms with Crippen LogP contribution in [0.25, 0.3) is 0 Å². The summed E-state index contributed by atoms with van der Waals surface area (Å²) in [5.74, 6) is -2.27. The first kappa shape index (κ1) is 24.3. The third-order valence-electron chi connectivity index (χ3n) is 4.22. The summed E-state index contributed by atoms with van der Waals surface area (Å²) >= 11 is 5.52. The first-order valence-electron chi connectivity index (χ1n) is 8.85. The van der Waals surface area contributed by atoms with Crippen molar-refractivity contribution in [3.8, 4) is 0 Å². The summed E-state index contributed by atoms with van der Waals surface area (Å²) in [5, 5.41) is 63.8. The van der Waals surface area contributed by atoms with Crippen molar-refractivity contribution < 1.29 is 40.2 Å². The van der Waals surface area contributed by atoms with Crippen LogP contribution in [0.5, 0.6) is 0 Å². The van der Waals surface area contributed by atoms with E-state index in [1.54, 1.807) is 13.8 Å². The monoisotopic (exact) mass is 414 g/mol. The third kappa shape index (κ3) is 6.13. The minimum absolute atomic E-state index is 0.0873. The van der Waals surface area contributed by atoms with E-state index < -0.39 is 48.6 Å². The van der Waals surface area contributed by atoms with Crippen LogP contribution in [0.15, 0.2) is 0 Å². The highest BCUT2D eigenvalue weighted by Crippen LogP contribution is 2.34. The number of aliphatic hydroxyl groups excluding tert-OH is 5. The second-order valence-corrected chi connectivity index (χ2v) is 7.67. The number of hydrogen-bond donors (Lipinski definition) is 7. The van der Waals surface area contributed by atoms with Crippen molar-refractivity contribution in [2.45, 2.75) is 69.7 Å². The molecule has 7 N–H and O–H groups in total. The summed E-state index contributed by atoms with van der Waals surface area (Å²) in [6.45, 7) is 4.66. The van der Waals surface area contributed by atoms with Crippen molar-refractivity contribution in [3.63, 3.8) is 0 Å². The maximum absolute atomic E-state index is 12.3. The Kier molecular flexibility index (Phi) is 9.16. The molecule has 1 aliphatic heterocycles. The maximum Gasteiger partial charge on any atom is 0.319 e. The van der Waals surface area contributed by atoms with Gasteiger partial charge in [-0.25, -0.2) is 4.79 Å². The smallest absolute Gasteiger partial charge is 0.319 e. The number of carbonyl (C=O) groups is 1. The summed E-state index contributed by atoms with van der Waals surface area (Å²) in [5.41, 5.74) is 0. The van der Waals surface area contributed by atoms with E-state index in [2.05, 4.69) is 5.32 Å². The molecule has 7 atom stereocenters. The van der Waals surface area contributed by atoms with Gasteiger partial charge in [0.15, 0.2) is 12.0 Å². The molecule has 2 unspecified atom stereocenters. The lowest BCUT2D eigenvalue weighted by Gasteiger charge is -2.49. The Morgan fingerprint density at radius 2 is 1.81 bits per heavy atom. The zero-order valence-corrected chi connectivity index (χ0v) is 16.5. The van der Waals surface area contributed by atoms with E-state index in [-0.39, 0.29) is 31.3 Å². The Labute approximate surface area is 163 Å². The fourth-order valence-corrected chi connectivity index (χ4v) is 3.14. The average molecular weight is 415 g/mol. The highest BCUT2D eigenvalue weighted by molar-refractivity contribution is 6.18. The molecule has 1 heterocycles. The van der Waals surface area contributed by atoms with E-state index in [9.17, 15) is 35.4 Å². The number of alkyl halides is 1. The standard InChI is InChI=1S/C16H31ClN2O8/c1-8(2)6-16(26)13(23)11(22)10(21)12(27-16)14(24)19(7-9(3)20)15(25)18-5-4-17/h8-14,20-24,26H,4-7H2,1-3H3,(H,18,25)/t9?,10-,11-,12-,13+,14?,16-/m0/s1. The van der Waals surface area contributed by atoms with Crippen molar-refractivity contribution in [3.05, 3.63) is 0 Å². The van der Waals surface area contributed by atoms with E-state index in [1.807, 2.05) is 0 Å². The van der Waals surface area contributed by atoms with Crippen LogP contribution in [0.4, 0.5) is 4.79 Å². The summed E-state index contributed by atoms with van der Waals surface area (Å²) in [6, 6.07) is -0.784. The van der Waals surface area contributed by atoms with Crippen LogP contribution in [-0.2, 0) is 4.74 Å². The van der Waals surface area contributed by atoms with Gasteiger partial charge in [-0.3, -0.25) is 4.90 Å². The molecule has 0 saturated carbocycles. The molecule has 0 aromatic carbocycles. The summed E-state index contributed by atoms with van der Waals surface area (Å²) in [4.78, 5) is 13.1. The molecular formula is C16H31ClN2O8. The molecule has 160 valence electrons. The Morgan fingerprint density at radius 3 is 2.30 bits per heavy atom. The number of urea groups is 1. The van der Waals surface area contributed by atoms with Crippen LogP contribution in [0.1, 0.15) is 27.2 Å². The molecule has 0 aliphatic carbocycles. The number of hydrogen-bond acceptors (Lipinski definition) is 8. The van der Waals surface area contributed by atoms with E-state index in [1.165, 1.54) is 6.92 Å². The number of amides is 2. The number of nitrogens with one attached hydrogen (secondary N) is 1. The van der Waals surface area contributed by atoms with Crippen LogP contribution in [0.3, 0.4) is 0 Å². The van der Waals surface area contributed by atoms with E-state index in [0.717, 1.165) is 4.90 Å². The molecule has 0 spiro atoms. The van der Waals surface area contributed by atoms with E-state index in [0.29, 0.717) is 0 Å². The van der Waals surface area contributed by atoms with Gasteiger partial charge < -0.3 is 40.7 Å². The number of rotatable bonds is 8. The number of carbonyl (C=O) groups excluding carboxylic acids is 1. The Hall–Kier alpha value is -0.720. The highest BCUT2D eigenvalue weighted by atomic mass is 35.5. The molecule has 1 saturated heterocycles. The number of aliphatic hydroxyl groups is 6. The molecule has 2 amide bonds. The summed E-state index contributed by atoms with van der Waals surface area (Å²) in [7, 11) is 0. The fourth-order valence-electron chi connectivity index (χ4n) is 3.04. The molecule has 0 aromatic heterocycles. The fraction of sp³-hybridized carbons (Fsp3) is 0.938. The van der Waals surface area contributed by atoms with Crippen LogP contribution >= 0.6 is 11.6 Å². The van der Waals surface area contributed by atoms with E-state index in [4.69, 9.17) is 16.3 Å². The lowest BCUT2D eigenvalue weighted by atomic mass is 9.87. The van der Waals surface area contributed by atoms with Gasteiger partial charge in [0.1, 0.15) is 24.4 Å². The van der Waals surface area contributed by atoms with Gasteiger partial charge in [-0.15, -0.1) is 11.6 Å². The van der Waals surface area contributed by atoms with Crippen molar-refractivity contribution in [1.82, 2.24) is 10.2 Å². The number of nitrogens with zero attached hydrogens (tertiary/aromatic N) is 1. The van der Waals surface area contributed by atoms with Crippen LogP contribution in [0.2, 0.25) is 0 Å². The zero-order chi connectivity index (χ0) is 20.9. The molecule has 1 fully saturated rings. The summed E-state index contributed by atoms with van der Waals surface area (Å²) in [6.07, 6.45) is -9.99. The molecule has 1 rings (SSSR count). The minimum atomic E-state index is -2.23. The molecule has 11 heteroatoms. The molecule has 0 radical (unpaired) electrons. The largest absolute Gasteiger partial charge is 0.392 e. The SMILES string of the molecule is CC(C)C[C@]1(O)O[C@H](C(O)N(CC(C)O)C(=O)NCCCl)[C@@H](O)[C@H](O)[C@H]1O. The Balaban J connectivity index is 3.10. The van der Waals surface area contributed by atoms with Crippen molar-refractivity contribution in [1.29, 1.82) is 0 Å². The maximum atomic E-state index is 12.3. The molecule has 1 aliphatic rings. The Bertz CT molecular complexity index is 483. The summed E-state index contributed by atoms with van der Waals surface area (Å²) < 4.78 is 5.37. The van der Waals surface area contributed by atoms with Crippen LogP contribution in [-0.4, -0.2) is 103 Å².